The minimum atomic E-state index is 0.181. The Kier molecular flexibility index (Phi) is 5.81. The van der Waals surface area contributed by atoms with E-state index >= 15 is 0 Å². The molecule has 2 atom stereocenters. The predicted molar refractivity (Wildman–Crippen MR) is 91.5 cm³/mol. The Balaban J connectivity index is 2.08. The van der Waals surface area contributed by atoms with Crippen LogP contribution in [0.2, 0.25) is 0 Å². The summed E-state index contributed by atoms with van der Waals surface area (Å²) in [6.07, 6.45) is 6.47. The Labute approximate surface area is 133 Å². The van der Waals surface area contributed by atoms with E-state index in [9.17, 15) is 0 Å². The Morgan fingerprint density at radius 1 is 1.43 bits per heavy atom. The third-order valence-electron chi connectivity index (χ3n) is 5.56. The van der Waals surface area contributed by atoms with Crippen LogP contribution in [0.5, 0.6) is 0 Å². The molecule has 1 aliphatic carbocycles. The quantitative estimate of drug-likeness (QED) is 0.841. The molecule has 2 rings (SSSR count). The summed E-state index contributed by atoms with van der Waals surface area (Å²) in [7, 11) is 2.25. The van der Waals surface area contributed by atoms with Gasteiger partial charge in [0, 0.05) is 23.5 Å². The fourth-order valence-electron chi connectivity index (χ4n) is 3.69. The van der Waals surface area contributed by atoms with Gasteiger partial charge in [-0.3, -0.25) is 4.90 Å². The molecule has 0 aliphatic heterocycles. The van der Waals surface area contributed by atoms with Crippen LogP contribution in [0.1, 0.15) is 56.5 Å². The molecule has 0 saturated heterocycles. The lowest BCUT2D eigenvalue weighted by Gasteiger charge is -2.41. The molecule has 2 unspecified atom stereocenters. The summed E-state index contributed by atoms with van der Waals surface area (Å²) < 4.78 is 0. The lowest BCUT2D eigenvalue weighted by molar-refractivity contribution is 0.0984. The van der Waals surface area contributed by atoms with E-state index < -0.39 is 0 Å². The molecule has 1 aromatic heterocycles. The Morgan fingerprint density at radius 2 is 2.19 bits per heavy atom. The fourth-order valence-corrected chi connectivity index (χ4v) is 4.52. The number of hydrogen-bond acceptors (Lipinski definition) is 4. The van der Waals surface area contributed by atoms with Crippen molar-refractivity contribution in [1.82, 2.24) is 9.88 Å². The van der Waals surface area contributed by atoms with Gasteiger partial charge in [0.1, 0.15) is 0 Å². The van der Waals surface area contributed by atoms with Gasteiger partial charge in [0.2, 0.25) is 0 Å². The highest BCUT2D eigenvalue weighted by Gasteiger charge is 2.36. The van der Waals surface area contributed by atoms with Crippen LogP contribution in [0.15, 0.2) is 5.51 Å². The molecule has 4 heteroatoms. The van der Waals surface area contributed by atoms with Gasteiger partial charge >= 0.3 is 0 Å². The van der Waals surface area contributed by atoms with Crippen LogP contribution in [0, 0.1) is 18.8 Å². The molecular weight excluding hydrogens is 278 g/mol. The van der Waals surface area contributed by atoms with Crippen LogP contribution in [0.3, 0.4) is 0 Å². The second-order valence-corrected chi connectivity index (χ2v) is 8.02. The molecule has 0 radical (unpaired) electrons. The van der Waals surface area contributed by atoms with Crippen molar-refractivity contribution in [2.24, 2.45) is 17.6 Å². The van der Waals surface area contributed by atoms with Gasteiger partial charge in [0.25, 0.3) is 0 Å². The smallest absolute Gasteiger partial charge is 0.0798 e. The molecule has 0 aromatic carbocycles. The summed E-state index contributed by atoms with van der Waals surface area (Å²) in [5.41, 5.74) is 9.55. The maximum Gasteiger partial charge on any atom is 0.0798 e. The second kappa shape index (κ2) is 7.21. The number of nitrogens with two attached hydrogens (primary N) is 1. The zero-order valence-electron chi connectivity index (χ0n) is 14.1. The standard InChI is InChI=1S/C17H31N3S/c1-13(2)15-6-5-8-17(11-18,9-7-15)20(4)10-16-14(3)19-12-21-16/h12-13,15H,5-11,18H2,1-4H3. The van der Waals surface area contributed by atoms with Gasteiger partial charge in [0.05, 0.1) is 11.2 Å². The van der Waals surface area contributed by atoms with Crippen molar-refractivity contribution in [1.29, 1.82) is 0 Å². The number of rotatable bonds is 5. The number of aromatic nitrogens is 1. The first kappa shape index (κ1) is 16.9. The maximum absolute atomic E-state index is 6.24. The average molecular weight is 310 g/mol. The number of hydrogen-bond donors (Lipinski definition) is 1. The van der Waals surface area contributed by atoms with E-state index in [4.69, 9.17) is 5.73 Å². The van der Waals surface area contributed by atoms with E-state index in [-0.39, 0.29) is 5.54 Å². The number of thiazole rings is 1. The second-order valence-electron chi connectivity index (χ2n) is 7.08. The lowest BCUT2D eigenvalue weighted by atomic mass is 9.85. The molecule has 0 bridgehead atoms. The van der Waals surface area contributed by atoms with E-state index in [1.54, 1.807) is 11.3 Å². The molecule has 3 nitrogen and oxygen atoms in total. The van der Waals surface area contributed by atoms with Gasteiger partial charge < -0.3 is 5.73 Å². The average Bonchev–Trinajstić information content (AvgIpc) is 2.74. The van der Waals surface area contributed by atoms with E-state index in [1.165, 1.54) is 42.7 Å². The summed E-state index contributed by atoms with van der Waals surface area (Å²) >= 11 is 1.77. The third kappa shape index (κ3) is 3.85. The van der Waals surface area contributed by atoms with Crippen molar-refractivity contribution in [3.05, 3.63) is 16.1 Å². The molecule has 21 heavy (non-hydrogen) atoms. The molecule has 1 saturated carbocycles. The molecule has 0 spiro atoms. The monoisotopic (exact) mass is 309 g/mol. The zero-order chi connectivity index (χ0) is 15.5. The van der Waals surface area contributed by atoms with Gasteiger partial charge in [-0.05, 0) is 45.1 Å². The molecule has 2 N–H and O–H groups in total. The van der Waals surface area contributed by atoms with E-state index in [2.05, 4.69) is 37.7 Å². The van der Waals surface area contributed by atoms with Crippen molar-refractivity contribution in [3.8, 4) is 0 Å². The third-order valence-corrected chi connectivity index (χ3v) is 6.48. The van der Waals surface area contributed by atoms with Crippen molar-refractivity contribution in [2.45, 2.75) is 65.0 Å². The van der Waals surface area contributed by atoms with Crippen molar-refractivity contribution in [2.75, 3.05) is 13.6 Å². The summed E-state index contributed by atoms with van der Waals surface area (Å²) in [4.78, 5) is 8.27. The van der Waals surface area contributed by atoms with Crippen LogP contribution in [0.25, 0.3) is 0 Å². The highest BCUT2D eigenvalue weighted by molar-refractivity contribution is 7.09. The lowest BCUT2D eigenvalue weighted by Crippen LogP contribution is -2.51. The summed E-state index contributed by atoms with van der Waals surface area (Å²) in [5.74, 6) is 1.67. The normalized spacial score (nSPS) is 27.3. The Morgan fingerprint density at radius 3 is 2.76 bits per heavy atom. The topological polar surface area (TPSA) is 42.2 Å². The van der Waals surface area contributed by atoms with E-state index in [0.29, 0.717) is 0 Å². The Bertz CT molecular complexity index is 443. The van der Waals surface area contributed by atoms with E-state index in [1.807, 2.05) is 5.51 Å². The Hall–Kier alpha value is -0.450. The molecule has 0 amide bonds. The maximum atomic E-state index is 6.24. The minimum Gasteiger partial charge on any atom is -0.329 e. The van der Waals surface area contributed by atoms with Crippen LogP contribution >= 0.6 is 11.3 Å². The van der Waals surface area contributed by atoms with Gasteiger partial charge in [-0.1, -0.05) is 26.7 Å². The predicted octanol–water partition coefficient (Wildman–Crippen LogP) is 3.82. The van der Waals surface area contributed by atoms with Crippen molar-refractivity contribution in [3.63, 3.8) is 0 Å². The van der Waals surface area contributed by atoms with Gasteiger partial charge in [-0.2, -0.15) is 0 Å². The van der Waals surface area contributed by atoms with Crippen molar-refractivity contribution >= 4 is 11.3 Å². The molecule has 1 aromatic rings. The zero-order valence-corrected chi connectivity index (χ0v) is 14.9. The first-order chi connectivity index (χ1) is 9.98. The van der Waals surface area contributed by atoms with Crippen LogP contribution in [-0.4, -0.2) is 29.0 Å². The van der Waals surface area contributed by atoms with Crippen molar-refractivity contribution < 1.29 is 0 Å². The highest BCUT2D eigenvalue weighted by atomic mass is 32.1. The largest absolute Gasteiger partial charge is 0.329 e. The SMILES string of the molecule is Cc1ncsc1CN(C)C1(CN)CCCC(C(C)C)CC1. The first-order valence-corrected chi connectivity index (χ1v) is 9.17. The summed E-state index contributed by atoms with van der Waals surface area (Å²) in [5, 5.41) is 0. The minimum absolute atomic E-state index is 0.181. The fraction of sp³-hybridized carbons (Fsp3) is 0.824. The first-order valence-electron chi connectivity index (χ1n) is 8.29. The van der Waals surface area contributed by atoms with Crippen LogP contribution in [0.4, 0.5) is 0 Å². The molecule has 120 valence electrons. The van der Waals surface area contributed by atoms with Gasteiger partial charge in [-0.25, -0.2) is 4.98 Å². The number of aryl methyl sites for hydroxylation is 1. The number of likely N-dealkylation sites (N-methyl/N-ethyl adjacent to an activating group) is 1. The molecule has 1 fully saturated rings. The molecule has 1 aliphatic rings. The van der Waals surface area contributed by atoms with Crippen LogP contribution in [-0.2, 0) is 6.54 Å². The van der Waals surface area contributed by atoms with Gasteiger partial charge in [-0.15, -0.1) is 11.3 Å². The molecular formula is C17H31N3S. The summed E-state index contributed by atoms with van der Waals surface area (Å²) in [6.45, 7) is 8.60. The number of nitrogens with zero attached hydrogens (tertiary/aromatic N) is 2. The molecule has 1 heterocycles. The van der Waals surface area contributed by atoms with Gasteiger partial charge in [0.15, 0.2) is 0 Å². The van der Waals surface area contributed by atoms with Crippen LogP contribution < -0.4 is 5.73 Å². The highest BCUT2D eigenvalue weighted by Crippen LogP contribution is 2.37. The van der Waals surface area contributed by atoms with E-state index in [0.717, 1.165) is 24.9 Å². The summed E-state index contributed by atoms with van der Waals surface area (Å²) in [6, 6.07) is 0.